The summed E-state index contributed by atoms with van der Waals surface area (Å²) in [5.41, 5.74) is 7.02. The van der Waals surface area contributed by atoms with Crippen molar-refractivity contribution in [3.05, 3.63) is 133 Å². The Labute approximate surface area is 262 Å². The minimum absolute atomic E-state index is 0.500. The van der Waals surface area contributed by atoms with E-state index in [9.17, 15) is 4.39 Å². The zero-order valence-electron chi connectivity index (χ0n) is 25.2. The van der Waals surface area contributed by atoms with Crippen molar-refractivity contribution >= 4 is 11.3 Å². The van der Waals surface area contributed by atoms with Crippen LogP contribution >= 0.6 is 0 Å². The summed E-state index contributed by atoms with van der Waals surface area (Å²) >= 11 is 0. The van der Waals surface area contributed by atoms with Gasteiger partial charge in [-0.3, -0.25) is 4.98 Å². The number of pyridine rings is 2. The first-order chi connectivity index (χ1) is 22.6. The lowest BCUT2D eigenvalue weighted by atomic mass is 10.2. The number of aryl methyl sites for hydroxylation is 2. The van der Waals surface area contributed by atoms with Crippen LogP contribution in [0.4, 0.5) is 4.39 Å². The van der Waals surface area contributed by atoms with E-state index in [2.05, 4.69) is 51.6 Å². The van der Waals surface area contributed by atoms with Crippen LogP contribution < -0.4 is 0 Å². The van der Waals surface area contributed by atoms with Gasteiger partial charge in [0.1, 0.15) is 11.4 Å². The molecule has 8 aromatic heterocycles. The Morgan fingerprint density at radius 2 is 1.26 bits per heavy atom. The van der Waals surface area contributed by atoms with Crippen molar-refractivity contribution < 1.29 is 4.39 Å². The van der Waals surface area contributed by atoms with Crippen molar-refractivity contribution in [1.29, 1.82) is 0 Å². The van der Waals surface area contributed by atoms with Gasteiger partial charge in [0, 0.05) is 43.4 Å². The van der Waals surface area contributed by atoms with E-state index in [-0.39, 0.29) is 0 Å². The molecular weight excluding hydrogens is 583 g/mol. The Morgan fingerprint density at radius 3 is 1.93 bits per heavy atom. The van der Waals surface area contributed by atoms with Crippen molar-refractivity contribution in [2.45, 2.75) is 33.4 Å². The highest BCUT2D eigenvalue weighted by Crippen LogP contribution is 2.20. The molecule has 8 heterocycles. The number of imidazole rings is 4. The number of nitrogens with zero attached hydrogens (tertiary/aromatic N) is 12. The van der Waals surface area contributed by atoms with E-state index in [1.807, 2.05) is 75.4 Å². The topological polar surface area (TPSA) is 122 Å². The van der Waals surface area contributed by atoms with E-state index >= 15 is 0 Å². The maximum atomic E-state index is 13.4. The maximum absolute atomic E-state index is 13.4. The monoisotopic (exact) mass is 612 g/mol. The molecule has 0 spiro atoms. The molecule has 0 atom stereocenters. The molecule has 13 heteroatoms. The summed E-state index contributed by atoms with van der Waals surface area (Å²) in [5.74, 6) is 0.930. The summed E-state index contributed by atoms with van der Waals surface area (Å²) in [6.07, 6.45) is 13.4. The molecule has 0 fully saturated rings. The predicted molar refractivity (Wildman–Crippen MR) is 169 cm³/mol. The van der Waals surface area contributed by atoms with Gasteiger partial charge in [-0.15, -0.1) is 0 Å². The summed E-state index contributed by atoms with van der Waals surface area (Å²) in [5, 5.41) is 8.69. The van der Waals surface area contributed by atoms with Crippen LogP contribution in [0.25, 0.3) is 34.3 Å². The largest absolute Gasteiger partial charge is 0.324 e. The van der Waals surface area contributed by atoms with Crippen molar-refractivity contribution in [3.8, 4) is 23.0 Å². The molecule has 228 valence electrons. The molecule has 0 amide bonds. The molecule has 0 saturated carbocycles. The van der Waals surface area contributed by atoms with Gasteiger partial charge in [-0.1, -0.05) is 19.1 Å². The first-order valence-corrected chi connectivity index (χ1v) is 14.8. The predicted octanol–water partition coefficient (Wildman–Crippen LogP) is 5.08. The molecule has 0 aromatic carbocycles. The number of halogens is 1. The lowest BCUT2D eigenvalue weighted by Crippen LogP contribution is -2.06. The van der Waals surface area contributed by atoms with Crippen molar-refractivity contribution in [3.63, 3.8) is 0 Å². The second-order valence-corrected chi connectivity index (χ2v) is 10.4. The maximum Gasteiger partial charge on any atom is 0.213 e. The van der Waals surface area contributed by atoms with Gasteiger partial charge in [0.05, 0.1) is 35.9 Å². The van der Waals surface area contributed by atoms with Crippen LogP contribution in [-0.2, 0) is 19.5 Å². The molecule has 8 aromatic rings. The van der Waals surface area contributed by atoms with Gasteiger partial charge < -0.3 is 9.13 Å². The summed E-state index contributed by atoms with van der Waals surface area (Å²) in [6.45, 7) is 5.27. The third-order valence-corrected chi connectivity index (χ3v) is 7.53. The minimum Gasteiger partial charge on any atom is -0.324 e. The van der Waals surface area contributed by atoms with Gasteiger partial charge in [0.15, 0.2) is 22.9 Å². The number of hydrogen-bond donors (Lipinski definition) is 0. The van der Waals surface area contributed by atoms with Crippen molar-refractivity contribution in [1.82, 2.24) is 58.3 Å². The third-order valence-electron chi connectivity index (χ3n) is 7.53. The second-order valence-electron chi connectivity index (χ2n) is 10.4. The quantitative estimate of drug-likeness (QED) is 0.229. The Bertz CT molecular complexity index is 2250. The highest BCUT2D eigenvalue weighted by atomic mass is 19.1. The molecule has 0 unspecified atom stereocenters. The van der Waals surface area contributed by atoms with Crippen molar-refractivity contribution in [2.24, 2.45) is 0 Å². The summed E-state index contributed by atoms with van der Waals surface area (Å²) in [7, 11) is 0. The lowest BCUT2D eigenvalue weighted by Gasteiger charge is -2.07. The molecule has 0 aliphatic carbocycles. The molecular formula is C33H29FN12. The van der Waals surface area contributed by atoms with E-state index in [4.69, 9.17) is 0 Å². The van der Waals surface area contributed by atoms with E-state index in [0.29, 0.717) is 24.6 Å². The normalized spacial score (nSPS) is 11.2. The van der Waals surface area contributed by atoms with E-state index in [1.165, 1.54) is 6.07 Å². The van der Waals surface area contributed by atoms with Crippen LogP contribution in [0.2, 0.25) is 0 Å². The first-order valence-electron chi connectivity index (χ1n) is 14.8. The van der Waals surface area contributed by atoms with Crippen LogP contribution in [-0.4, -0.2) is 58.3 Å². The highest BCUT2D eigenvalue weighted by molar-refractivity contribution is 5.51. The fraction of sp³-hybridized carbons (Fsp3) is 0.152. The van der Waals surface area contributed by atoms with Crippen LogP contribution in [0.15, 0.2) is 104 Å². The fourth-order valence-electron chi connectivity index (χ4n) is 5.35. The zero-order valence-corrected chi connectivity index (χ0v) is 25.2. The van der Waals surface area contributed by atoms with Crippen LogP contribution in [0.1, 0.15) is 29.7 Å². The van der Waals surface area contributed by atoms with E-state index in [0.717, 1.165) is 52.0 Å². The Hall–Kier alpha value is -6.11. The molecule has 0 aliphatic heterocycles. The molecule has 0 bridgehead atoms. The minimum atomic E-state index is -0.520. The first kappa shape index (κ1) is 28.6. The Morgan fingerprint density at radius 1 is 0.609 bits per heavy atom. The number of fused-ring (bicyclic) bond motifs is 2. The van der Waals surface area contributed by atoms with Crippen LogP contribution in [0.3, 0.4) is 0 Å². The van der Waals surface area contributed by atoms with Gasteiger partial charge in [0.2, 0.25) is 5.95 Å². The third kappa shape index (κ3) is 5.61. The number of rotatable bonds is 7. The Kier molecular flexibility index (Phi) is 7.77. The van der Waals surface area contributed by atoms with Crippen molar-refractivity contribution in [2.75, 3.05) is 0 Å². The smallest absolute Gasteiger partial charge is 0.213 e. The summed E-state index contributed by atoms with van der Waals surface area (Å²) in [6, 6.07) is 18.1. The summed E-state index contributed by atoms with van der Waals surface area (Å²) in [4.78, 5) is 26.3. The molecule has 0 saturated heterocycles. The lowest BCUT2D eigenvalue weighted by molar-refractivity contribution is 0.584. The number of aromatic nitrogens is 12. The molecule has 12 nitrogen and oxygen atoms in total. The highest BCUT2D eigenvalue weighted by Gasteiger charge is 2.16. The molecule has 0 aliphatic rings. The van der Waals surface area contributed by atoms with Gasteiger partial charge in [-0.2, -0.15) is 14.6 Å². The van der Waals surface area contributed by atoms with Gasteiger partial charge in [-0.05, 0) is 61.9 Å². The van der Waals surface area contributed by atoms with Crippen LogP contribution in [0, 0.1) is 12.9 Å². The SMILES string of the molecule is CCc1c(Cn2ccnc2-c2cccc(F)n2)nc2cccnn12.Cc1c(Cn2ccnc2-c2ccccn2)nc2cccnn12. The number of hydrogen-bond acceptors (Lipinski definition) is 8. The van der Waals surface area contributed by atoms with Gasteiger partial charge in [-0.25, -0.2) is 34.0 Å². The van der Waals surface area contributed by atoms with Gasteiger partial charge >= 0.3 is 0 Å². The summed E-state index contributed by atoms with van der Waals surface area (Å²) < 4.78 is 21.1. The Balaban J connectivity index is 0.000000147. The standard InChI is InChI=1S/C17H15FN6.C16H14N6/c1-2-14-13(22-16-7-4-8-20-24(14)16)11-23-10-9-19-17(23)12-5-3-6-15(18)21-12;1-12-14(20-15-6-4-8-19-22(12)15)11-21-10-9-18-16(21)13-5-2-3-7-17-13/h3-10H,2,11H2,1H3;2-10H,11H2,1H3. The second kappa shape index (κ2) is 12.5. The average Bonchev–Trinajstić information content (AvgIpc) is 3.88. The molecule has 0 N–H and O–H groups in total. The average molecular weight is 613 g/mol. The van der Waals surface area contributed by atoms with Gasteiger partial charge in [0.25, 0.3) is 0 Å². The fourth-order valence-corrected chi connectivity index (χ4v) is 5.35. The van der Waals surface area contributed by atoms with E-state index < -0.39 is 5.95 Å². The molecule has 8 rings (SSSR count). The molecule has 46 heavy (non-hydrogen) atoms. The van der Waals surface area contributed by atoms with Crippen LogP contribution in [0.5, 0.6) is 0 Å². The zero-order chi connectivity index (χ0) is 31.5. The van der Waals surface area contributed by atoms with E-state index in [1.54, 1.807) is 43.1 Å². The molecule has 0 radical (unpaired) electrons.